The number of benzene rings is 2. The van der Waals surface area contributed by atoms with Crippen LogP contribution in [-0.4, -0.2) is 17.0 Å². The molecule has 0 spiro atoms. The highest BCUT2D eigenvalue weighted by Crippen LogP contribution is 2.42. The van der Waals surface area contributed by atoms with Crippen LogP contribution in [0.15, 0.2) is 56.5 Å². The molecule has 0 unspecified atom stereocenters. The molecule has 4 aromatic rings. The molecule has 5 rings (SSSR count). The van der Waals surface area contributed by atoms with E-state index in [9.17, 15) is 24.3 Å². The Hall–Kier alpha value is -4.44. The summed E-state index contributed by atoms with van der Waals surface area (Å²) in [7, 11) is 0. The molecule has 0 bridgehead atoms. The summed E-state index contributed by atoms with van der Waals surface area (Å²) < 4.78 is 21.1. The molecule has 1 aliphatic rings. The maximum Gasteiger partial charge on any atom is 0.337 e. The van der Waals surface area contributed by atoms with Gasteiger partial charge in [0.25, 0.3) is 16.8 Å². The molecule has 9 nitrogen and oxygen atoms in total. The summed E-state index contributed by atoms with van der Waals surface area (Å²) in [6, 6.07) is 9.95. The average Bonchev–Trinajstić information content (AvgIpc) is 3.47. The number of halogens is 2. The molecule has 1 aromatic heterocycles. The highest BCUT2D eigenvalue weighted by molar-refractivity contribution is 6.33. The van der Waals surface area contributed by atoms with Crippen molar-refractivity contribution in [1.82, 2.24) is 0 Å². The van der Waals surface area contributed by atoms with E-state index in [0.717, 1.165) is 6.07 Å². The minimum Gasteiger partial charge on any atom is -0.478 e. The van der Waals surface area contributed by atoms with E-state index in [1.807, 2.05) is 20.8 Å². The number of carbonyl (C=O) groups is 2. The van der Waals surface area contributed by atoms with E-state index in [1.165, 1.54) is 23.1 Å². The number of carbonyl (C=O) groups excluding carboxylic acids is 1. The van der Waals surface area contributed by atoms with Crippen LogP contribution < -0.4 is 26.4 Å². The number of aromatic carboxylic acids is 1. The molecule has 0 saturated heterocycles. The lowest BCUT2D eigenvalue weighted by Crippen LogP contribution is -2.39. The third-order valence-electron chi connectivity index (χ3n) is 6.89. The number of carboxylic acid groups (broad SMARTS) is 1. The van der Waals surface area contributed by atoms with Gasteiger partial charge in [-0.25, -0.2) is 9.18 Å². The Bertz CT molecular complexity index is 1760. The Morgan fingerprint density at radius 3 is 2.38 bits per heavy atom. The van der Waals surface area contributed by atoms with Gasteiger partial charge in [0.15, 0.2) is 0 Å². The van der Waals surface area contributed by atoms with Crippen molar-refractivity contribution in [3.8, 4) is 0 Å². The van der Waals surface area contributed by atoms with E-state index in [4.69, 9.17) is 16.0 Å². The van der Waals surface area contributed by atoms with Crippen molar-refractivity contribution in [1.29, 1.82) is 0 Å². The summed E-state index contributed by atoms with van der Waals surface area (Å²) in [5.41, 5.74) is -2.66. The molecular weight excluding hydrogens is 541 g/mol. The summed E-state index contributed by atoms with van der Waals surface area (Å²) >= 11 is 6.30. The Kier molecular flexibility index (Phi) is 6.54. The van der Waals surface area contributed by atoms with Gasteiger partial charge in [0.05, 0.1) is 35.1 Å². The van der Waals surface area contributed by atoms with E-state index >= 15 is 4.39 Å². The molecule has 0 saturated carbocycles. The van der Waals surface area contributed by atoms with Crippen LogP contribution in [0.1, 0.15) is 64.6 Å². The van der Waals surface area contributed by atoms with Crippen LogP contribution in [-0.2, 0) is 6.54 Å². The number of carboxylic acids is 1. The molecule has 11 heteroatoms. The summed E-state index contributed by atoms with van der Waals surface area (Å²) in [4.78, 5) is 51.9. The number of fused-ring (bicyclic) bond motifs is 1. The third-order valence-corrected chi connectivity index (χ3v) is 7.23. The third kappa shape index (κ3) is 4.44. The maximum atomic E-state index is 15.3. The van der Waals surface area contributed by atoms with Gasteiger partial charge in [-0.05, 0) is 42.7 Å². The zero-order valence-electron chi connectivity index (χ0n) is 22.0. The lowest BCUT2D eigenvalue weighted by atomic mass is 9.85. The highest BCUT2D eigenvalue weighted by atomic mass is 35.5. The van der Waals surface area contributed by atoms with E-state index < -0.39 is 40.0 Å². The maximum absolute atomic E-state index is 15.3. The number of para-hydroxylation sites is 1. The second-order valence-electron chi connectivity index (χ2n) is 10.7. The number of nitrogens with one attached hydrogen (secondary N) is 2. The van der Waals surface area contributed by atoms with Crippen LogP contribution in [0.3, 0.4) is 0 Å². The molecule has 1 aliphatic heterocycles. The predicted octanol–water partition coefficient (Wildman–Crippen LogP) is 5.78. The van der Waals surface area contributed by atoms with Crippen molar-refractivity contribution in [2.45, 2.75) is 40.3 Å². The molecule has 0 aliphatic carbocycles. The summed E-state index contributed by atoms with van der Waals surface area (Å²) in [6.07, 6.45) is 0. The van der Waals surface area contributed by atoms with Crippen molar-refractivity contribution in [3.05, 3.63) is 102 Å². The molecule has 3 N–H and O–H groups in total. The Balaban J connectivity index is 1.55. The monoisotopic (exact) mass is 565 g/mol. The van der Waals surface area contributed by atoms with E-state index in [0.29, 0.717) is 11.5 Å². The Morgan fingerprint density at radius 2 is 1.75 bits per heavy atom. The summed E-state index contributed by atoms with van der Waals surface area (Å²) in [6.45, 7) is 7.44. The quantitative estimate of drug-likeness (QED) is 0.241. The lowest BCUT2D eigenvalue weighted by Gasteiger charge is -2.31. The zero-order valence-corrected chi connectivity index (χ0v) is 22.8. The van der Waals surface area contributed by atoms with Crippen molar-refractivity contribution in [3.63, 3.8) is 0 Å². The van der Waals surface area contributed by atoms with Gasteiger partial charge >= 0.3 is 5.97 Å². The summed E-state index contributed by atoms with van der Waals surface area (Å²) in [5.74, 6) is -1.65. The van der Waals surface area contributed by atoms with Crippen LogP contribution in [0.5, 0.6) is 0 Å². The lowest BCUT2D eigenvalue weighted by molar-refractivity contribution is 0.0697. The Morgan fingerprint density at radius 1 is 1.07 bits per heavy atom. The van der Waals surface area contributed by atoms with E-state index in [-0.39, 0.29) is 51.0 Å². The minimum absolute atomic E-state index is 0.0361. The summed E-state index contributed by atoms with van der Waals surface area (Å²) in [5, 5.41) is 15.3. The van der Waals surface area contributed by atoms with Crippen molar-refractivity contribution >= 4 is 46.2 Å². The molecule has 40 heavy (non-hydrogen) atoms. The number of aryl methyl sites for hydroxylation is 1. The van der Waals surface area contributed by atoms with Gasteiger partial charge in [-0.3, -0.25) is 14.4 Å². The molecule has 3 aromatic carbocycles. The SMILES string of the molecule is Cc1ccc([C@H](Nc2c(Nc3c(F)cc(Cl)c4c3C(=O)N(c3ccccc3C(=O)O)C4)c(=O)c2=O)C(C)(C)C)o1. The molecule has 206 valence electrons. The smallest absolute Gasteiger partial charge is 0.337 e. The predicted molar refractivity (Wildman–Crippen MR) is 149 cm³/mol. The molecule has 1 amide bonds. The number of rotatable bonds is 7. The number of furan rings is 1. The first-order valence-corrected chi connectivity index (χ1v) is 12.8. The van der Waals surface area contributed by atoms with Gasteiger partial charge in [-0.1, -0.05) is 44.5 Å². The average molecular weight is 566 g/mol. The first-order chi connectivity index (χ1) is 18.8. The van der Waals surface area contributed by atoms with Crippen LogP contribution in [0.4, 0.5) is 27.1 Å². The zero-order chi connectivity index (χ0) is 29.1. The molecule has 0 fully saturated rings. The number of nitrogens with zero attached hydrogens (tertiary/aromatic N) is 1. The van der Waals surface area contributed by atoms with Gasteiger partial charge < -0.3 is 25.1 Å². The first-order valence-electron chi connectivity index (χ1n) is 12.4. The topological polar surface area (TPSA) is 129 Å². The van der Waals surface area contributed by atoms with Crippen molar-refractivity contribution < 1.29 is 23.5 Å². The molecular formula is C29H25ClFN3O6. The van der Waals surface area contributed by atoms with Gasteiger partial charge in [-0.15, -0.1) is 0 Å². The van der Waals surface area contributed by atoms with Crippen LogP contribution in [0.2, 0.25) is 5.02 Å². The van der Waals surface area contributed by atoms with E-state index in [1.54, 1.807) is 25.1 Å². The normalized spacial score (nSPS) is 13.9. The van der Waals surface area contributed by atoms with Gasteiger partial charge in [0.1, 0.15) is 28.7 Å². The fourth-order valence-corrected chi connectivity index (χ4v) is 5.11. The largest absolute Gasteiger partial charge is 0.478 e. The van der Waals surface area contributed by atoms with Crippen LogP contribution in [0.25, 0.3) is 0 Å². The van der Waals surface area contributed by atoms with Gasteiger partial charge in [-0.2, -0.15) is 0 Å². The van der Waals surface area contributed by atoms with Crippen molar-refractivity contribution in [2.24, 2.45) is 5.41 Å². The number of anilines is 4. The standard InChI is InChI=1S/C29H25ClFN3O6/c1-13-9-10-19(40-13)26(29(2,3)4)33-23-22(24(35)25(23)36)32-21-17(31)11-16(30)15-12-34(27(37)20(15)21)18-8-6-5-7-14(18)28(38)39/h5-11,26,32-33H,12H2,1-4H3,(H,38,39)/t26-/m0/s1. The number of amides is 1. The minimum atomic E-state index is -1.24. The fourth-order valence-electron chi connectivity index (χ4n) is 4.86. The molecule has 1 atom stereocenters. The van der Waals surface area contributed by atoms with Gasteiger partial charge in [0.2, 0.25) is 0 Å². The van der Waals surface area contributed by atoms with Crippen LogP contribution in [0, 0.1) is 18.2 Å². The first kappa shape index (κ1) is 27.1. The van der Waals surface area contributed by atoms with Crippen molar-refractivity contribution in [2.75, 3.05) is 15.5 Å². The van der Waals surface area contributed by atoms with Gasteiger partial charge in [0, 0.05) is 10.6 Å². The Labute approximate surface area is 232 Å². The molecule has 2 heterocycles. The highest BCUT2D eigenvalue weighted by Gasteiger charge is 2.38. The second-order valence-corrected chi connectivity index (χ2v) is 11.1. The van der Waals surface area contributed by atoms with E-state index in [2.05, 4.69) is 10.6 Å². The number of hydrogen-bond donors (Lipinski definition) is 3. The fraction of sp³-hybridized carbons (Fsp3) is 0.241. The van der Waals surface area contributed by atoms with Crippen LogP contribution >= 0.6 is 11.6 Å². The molecule has 0 radical (unpaired) electrons. The number of hydrogen-bond acceptors (Lipinski definition) is 7. The second kappa shape index (κ2) is 9.63.